The van der Waals surface area contributed by atoms with E-state index in [0.717, 1.165) is 16.9 Å². The SMILES string of the molecule is O=S(=O)(NCCc1cccc(F)c1)c1cc(CO)cs1. The molecule has 20 heavy (non-hydrogen) atoms. The maximum atomic E-state index is 13.0. The van der Waals surface area contributed by atoms with Crippen molar-refractivity contribution in [2.75, 3.05) is 6.54 Å². The summed E-state index contributed by atoms with van der Waals surface area (Å²) in [6.07, 6.45) is 0.412. The molecule has 0 unspecified atom stereocenters. The highest BCUT2D eigenvalue weighted by molar-refractivity contribution is 7.91. The van der Waals surface area contributed by atoms with Gasteiger partial charge in [-0.25, -0.2) is 17.5 Å². The summed E-state index contributed by atoms with van der Waals surface area (Å²) in [6, 6.07) is 7.49. The number of aliphatic hydroxyl groups excluding tert-OH is 1. The van der Waals surface area contributed by atoms with Crippen LogP contribution in [0.15, 0.2) is 39.9 Å². The quantitative estimate of drug-likeness (QED) is 0.855. The smallest absolute Gasteiger partial charge is 0.250 e. The van der Waals surface area contributed by atoms with Crippen LogP contribution in [0.1, 0.15) is 11.1 Å². The highest BCUT2D eigenvalue weighted by Gasteiger charge is 2.15. The Kier molecular flexibility index (Phi) is 4.87. The van der Waals surface area contributed by atoms with Crippen LogP contribution in [0.2, 0.25) is 0 Å². The van der Waals surface area contributed by atoms with Gasteiger partial charge in [0.2, 0.25) is 10.0 Å². The molecular formula is C13H14FNO3S2. The molecule has 2 aromatic rings. The summed E-state index contributed by atoms with van der Waals surface area (Å²) in [7, 11) is -3.57. The number of aliphatic hydroxyl groups is 1. The lowest BCUT2D eigenvalue weighted by Crippen LogP contribution is -2.25. The third-order valence-corrected chi connectivity index (χ3v) is 5.62. The minimum atomic E-state index is -3.57. The molecule has 1 aromatic carbocycles. The highest BCUT2D eigenvalue weighted by Crippen LogP contribution is 2.19. The van der Waals surface area contributed by atoms with Crippen molar-refractivity contribution in [2.45, 2.75) is 17.2 Å². The minimum absolute atomic E-state index is 0.167. The maximum absolute atomic E-state index is 13.0. The summed E-state index contributed by atoms with van der Waals surface area (Å²) in [5.41, 5.74) is 1.30. The van der Waals surface area contributed by atoms with Crippen LogP contribution in [0.3, 0.4) is 0 Å². The van der Waals surface area contributed by atoms with Gasteiger partial charge in [0.15, 0.2) is 0 Å². The molecule has 108 valence electrons. The van der Waals surface area contributed by atoms with Crippen LogP contribution in [0.5, 0.6) is 0 Å². The summed E-state index contributed by atoms with van der Waals surface area (Å²) >= 11 is 1.06. The summed E-state index contributed by atoms with van der Waals surface area (Å²) in [5, 5.41) is 10.5. The van der Waals surface area contributed by atoms with Crippen molar-refractivity contribution in [1.29, 1.82) is 0 Å². The summed E-state index contributed by atoms with van der Waals surface area (Å²) < 4.78 is 39.5. The molecule has 0 saturated carbocycles. The number of hydrogen-bond acceptors (Lipinski definition) is 4. The summed E-state index contributed by atoms with van der Waals surface area (Å²) in [5.74, 6) is -0.337. The molecule has 0 spiro atoms. The van der Waals surface area contributed by atoms with E-state index in [0.29, 0.717) is 12.0 Å². The van der Waals surface area contributed by atoms with Gasteiger partial charge in [-0.3, -0.25) is 0 Å². The molecule has 0 bridgehead atoms. The number of thiophene rings is 1. The molecule has 7 heteroatoms. The Bertz CT molecular complexity index is 682. The van der Waals surface area contributed by atoms with E-state index in [1.165, 1.54) is 18.2 Å². The molecule has 0 atom stereocenters. The Balaban J connectivity index is 1.96. The third kappa shape index (κ3) is 3.86. The Morgan fingerprint density at radius 2 is 2.05 bits per heavy atom. The van der Waals surface area contributed by atoms with Crippen molar-refractivity contribution in [1.82, 2.24) is 4.72 Å². The first-order chi connectivity index (χ1) is 9.51. The van der Waals surface area contributed by atoms with Crippen LogP contribution in [0, 0.1) is 5.82 Å². The van der Waals surface area contributed by atoms with Gasteiger partial charge in [-0.15, -0.1) is 11.3 Å². The van der Waals surface area contributed by atoms with E-state index < -0.39 is 10.0 Å². The number of sulfonamides is 1. The van der Waals surface area contributed by atoms with Crippen molar-refractivity contribution in [2.24, 2.45) is 0 Å². The third-order valence-electron chi connectivity index (χ3n) is 2.67. The lowest BCUT2D eigenvalue weighted by atomic mass is 10.1. The van der Waals surface area contributed by atoms with E-state index in [-0.39, 0.29) is 23.2 Å². The Morgan fingerprint density at radius 3 is 2.70 bits per heavy atom. The zero-order chi connectivity index (χ0) is 14.6. The number of hydrogen-bond donors (Lipinski definition) is 2. The van der Waals surface area contributed by atoms with E-state index in [4.69, 9.17) is 5.11 Å². The first-order valence-corrected chi connectivity index (χ1v) is 8.30. The van der Waals surface area contributed by atoms with E-state index in [9.17, 15) is 12.8 Å². The van der Waals surface area contributed by atoms with Gasteiger partial charge < -0.3 is 5.11 Å². The minimum Gasteiger partial charge on any atom is -0.392 e. The molecule has 0 saturated heterocycles. The molecule has 1 aromatic heterocycles. The Morgan fingerprint density at radius 1 is 1.25 bits per heavy atom. The molecule has 4 nitrogen and oxygen atoms in total. The average molecular weight is 315 g/mol. The fraction of sp³-hybridized carbons (Fsp3) is 0.231. The van der Waals surface area contributed by atoms with Gasteiger partial charge in [-0.05, 0) is 41.1 Å². The molecule has 0 aliphatic carbocycles. The standard InChI is InChI=1S/C13H14FNO3S2/c14-12-3-1-2-10(6-12)4-5-15-20(17,18)13-7-11(8-16)9-19-13/h1-3,6-7,9,15-16H,4-5,8H2. The van der Waals surface area contributed by atoms with Crippen molar-refractivity contribution < 1.29 is 17.9 Å². The monoisotopic (exact) mass is 315 g/mol. The molecule has 1 heterocycles. The molecule has 2 N–H and O–H groups in total. The van der Waals surface area contributed by atoms with Gasteiger partial charge >= 0.3 is 0 Å². The van der Waals surface area contributed by atoms with E-state index >= 15 is 0 Å². The fourth-order valence-corrected chi connectivity index (χ4v) is 3.95. The maximum Gasteiger partial charge on any atom is 0.250 e. The van der Waals surface area contributed by atoms with Crippen LogP contribution in [0.25, 0.3) is 0 Å². The van der Waals surface area contributed by atoms with Crippen molar-refractivity contribution in [3.05, 3.63) is 52.7 Å². The predicted octanol–water partition coefficient (Wildman–Crippen LogP) is 1.90. The topological polar surface area (TPSA) is 66.4 Å². The van der Waals surface area contributed by atoms with Gasteiger partial charge in [-0.1, -0.05) is 12.1 Å². The van der Waals surface area contributed by atoms with Gasteiger partial charge in [0, 0.05) is 6.54 Å². The van der Waals surface area contributed by atoms with Gasteiger partial charge in [0.05, 0.1) is 6.61 Å². The number of rotatable bonds is 6. The normalized spacial score (nSPS) is 11.7. The second-order valence-corrected chi connectivity index (χ2v) is 7.11. The largest absolute Gasteiger partial charge is 0.392 e. The number of nitrogens with one attached hydrogen (secondary N) is 1. The molecule has 0 amide bonds. The van der Waals surface area contributed by atoms with Crippen molar-refractivity contribution in [3.63, 3.8) is 0 Å². The van der Waals surface area contributed by atoms with Crippen molar-refractivity contribution >= 4 is 21.4 Å². The van der Waals surface area contributed by atoms with E-state index in [1.54, 1.807) is 17.5 Å². The van der Waals surface area contributed by atoms with Crippen LogP contribution in [-0.2, 0) is 23.1 Å². The van der Waals surface area contributed by atoms with Gasteiger partial charge in [0.25, 0.3) is 0 Å². The lowest BCUT2D eigenvalue weighted by Gasteiger charge is -2.05. The molecule has 0 aliphatic heterocycles. The Hall–Kier alpha value is -1.28. The van der Waals surface area contributed by atoms with Crippen LogP contribution in [0.4, 0.5) is 4.39 Å². The fourth-order valence-electron chi connectivity index (χ4n) is 1.67. The second kappa shape index (κ2) is 6.45. The second-order valence-electron chi connectivity index (χ2n) is 4.21. The zero-order valence-corrected chi connectivity index (χ0v) is 12.2. The van der Waals surface area contributed by atoms with E-state index in [2.05, 4.69) is 4.72 Å². The van der Waals surface area contributed by atoms with Gasteiger partial charge in [0.1, 0.15) is 10.0 Å². The van der Waals surface area contributed by atoms with Crippen molar-refractivity contribution in [3.8, 4) is 0 Å². The number of halogens is 1. The van der Waals surface area contributed by atoms with Crippen LogP contribution >= 0.6 is 11.3 Å². The van der Waals surface area contributed by atoms with Gasteiger partial charge in [-0.2, -0.15) is 0 Å². The number of benzene rings is 1. The first kappa shape index (κ1) is 15.1. The first-order valence-electron chi connectivity index (χ1n) is 5.93. The summed E-state index contributed by atoms with van der Waals surface area (Å²) in [4.78, 5) is 0. The summed E-state index contributed by atoms with van der Waals surface area (Å²) in [6.45, 7) is 0.00740. The lowest BCUT2D eigenvalue weighted by molar-refractivity contribution is 0.282. The molecular weight excluding hydrogens is 301 g/mol. The zero-order valence-electron chi connectivity index (χ0n) is 10.5. The predicted molar refractivity (Wildman–Crippen MR) is 75.5 cm³/mol. The average Bonchev–Trinajstić information content (AvgIpc) is 2.88. The molecule has 0 fully saturated rings. The van der Waals surface area contributed by atoms with E-state index in [1.807, 2.05) is 0 Å². The van der Waals surface area contributed by atoms with Crippen LogP contribution < -0.4 is 4.72 Å². The molecule has 2 rings (SSSR count). The highest BCUT2D eigenvalue weighted by atomic mass is 32.2. The molecule has 0 radical (unpaired) electrons. The van der Waals surface area contributed by atoms with Crippen LogP contribution in [-0.4, -0.2) is 20.1 Å². The Labute approximate surface area is 120 Å². The molecule has 0 aliphatic rings.